The molecule has 0 atom stereocenters. The first kappa shape index (κ1) is 11.6. The molecule has 0 aliphatic carbocycles. The number of carbonyl (C=O) groups is 1. The van der Waals surface area contributed by atoms with Gasteiger partial charge in [-0.25, -0.2) is 0 Å². The van der Waals surface area contributed by atoms with Crippen LogP contribution in [0.3, 0.4) is 0 Å². The van der Waals surface area contributed by atoms with Gasteiger partial charge in [0.2, 0.25) is 0 Å². The van der Waals surface area contributed by atoms with E-state index in [1.54, 1.807) is 0 Å². The number of esters is 1. The SMILES string of the molecule is NCOC(=O)CCc1ccc2ccccc2c1. The predicted octanol–water partition coefficient (Wildman–Crippen LogP) is 2.23. The zero-order valence-electron chi connectivity index (χ0n) is 9.56. The first-order valence-electron chi connectivity index (χ1n) is 5.63. The Labute approximate surface area is 100 Å². The third-order valence-corrected chi connectivity index (χ3v) is 2.68. The molecule has 0 heterocycles. The Morgan fingerprint density at radius 3 is 2.65 bits per heavy atom. The summed E-state index contributed by atoms with van der Waals surface area (Å²) >= 11 is 0. The number of rotatable bonds is 4. The third-order valence-electron chi connectivity index (χ3n) is 2.68. The average Bonchev–Trinajstić information content (AvgIpc) is 2.36. The molecule has 0 aliphatic rings. The van der Waals surface area contributed by atoms with Crippen LogP contribution in [-0.4, -0.2) is 12.7 Å². The second-order valence-corrected chi connectivity index (χ2v) is 3.86. The summed E-state index contributed by atoms with van der Waals surface area (Å²) < 4.78 is 4.69. The highest BCUT2D eigenvalue weighted by atomic mass is 16.5. The molecule has 0 saturated heterocycles. The lowest BCUT2D eigenvalue weighted by atomic mass is 10.0. The highest BCUT2D eigenvalue weighted by molar-refractivity contribution is 5.83. The van der Waals surface area contributed by atoms with Gasteiger partial charge >= 0.3 is 5.97 Å². The summed E-state index contributed by atoms with van der Waals surface area (Å²) in [7, 11) is 0. The Balaban J connectivity index is 2.06. The molecule has 2 N–H and O–H groups in total. The molecular weight excluding hydrogens is 214 g/mol. The van der Waals surface area contributed by atoms with Gasteiger partial charge in [0.05, 0.1) is 0 Å². The molecule has 0 aromatic heterocycles. The van der Waals surface area contributed by atoms with Crippen LogP contribution in [0.5, 0.6) is 0 Å². The van der Waals surface area contributed by atoms with Crippen LogP contribution in [0.2, 0.25) is 0 Å². The standard InChI is InChI=1S/C14H15NO2/c15-10-17-14(16)8-6-11-5-7-12-3-1-2-4-13(12)9-11/h1-5,7,9H,6,8,10,15H2. The zero-order chi connectivity index (χ0) is 12.1. The van der Waals surface area contributed by atoms with E-state index in [1.807, 2.05) is 18.2 Å². The first-order valence-corrected chi connectivity index (χ1v) is 5.63. The molecule has 0 amide bonds. The number of fused-ring (bicyclic) bond motifs is 1. The maximum atomic E-state index is 11.2. The molecule has 0 bridgehead atoms. The predicted molar refractivity (Wildman–Crippen MR) is 67.4 cm³/mol. The summed E-state index contributed by atoms with van der Waals surface area (Å²) in [6.45, 7) is -0.0451. The first-order chi connectivity index (χ1) is 8.29. The molecule has 2 aromatic carbocycles. The van der Waals surface area contributed by atoms with Crippen molar-refractivity contribution in [1.82, 2.24) is 0 Å². The summed E-state index contributed by atoms with van der Waals surface area (Å²) in [5.74, 6) is -0.249. The van der Waals surface area contributed by atoms with Crippen LogP contribution < -0.4 is 5.73 Å². The van der Waals surface area contributed by atoms with Gasteiger partial charge in [-0.2, -0.15) is 0 Å². The molecule has 2 rings (SSSR count). The number of hydrogen-bond donors (Lipinski definition) is 1. The molecule has 3 heteroatoms. The Morgan fingerprint density at radius 2 is 1.88 bits per heavy atom. The third kappa shape index (κ3) is 3.04. The number of hydrogen-bond acceptors (Lipinski definition) is 3. The fourth-order valence-electron chi connectivity index (χ4n) is 1.81. The highest BCUT2D eigenvalue weighted by Crippen LogP contribution is 2.16. The van der Waals surface area contributed by atoms with E-state index in [0.29, 0.717) is 12.8 Å². The lowest BCUT2D eigenvalue weighted by Gasteiger charge is -2.04. The highest BCUT2D eigenvalue weighted by Gasteiger charge is 2.03. The van der Waals surface area contributed by atoms with Crippen LogP contribution in [-0.2, 0) is 16.0 Å². The molecule has 0 radical (unpaired) electrons. The van der Waals surface area contributed by atoms with E-state index in [0.717, 1.165) is 5.56 Å². The summed E-state index contributed by atoms with van der Waals surface area (Å²) in [5, 5.41) is 2.40. The van der Waals surface area contributed by atoms with Crippen molar-refractivity contribution < 1.29 is 9.53 Å². The quantitative estimate of drug-likeness (QED) is 0.646. The Morgan fingerprint density at radius 1 is 1.12 bits per heavy atom. The van der Waals surface area contributed by atoms with Gasteiger partial charge in [-0.05, 0) is 22.8 Å². The zero-order valence-corrected chi connectivity index (χ0v) is 9.56. The molecule has 0 unspecified atom stereocenters. The molecule has 88 valence electrons. The van der Waals surface area contributed by atoms with Crippen molar-refractivity contribution in [3.05, 3.63) is 48.0 Å². The van der Waals surface area contributed by atoms with E-state index in [9.17, 15) is 4.79 Å². The van der Waals surface area contributed by atoms with Gasteiger partial charge in [0.15, 0.2) is 0 Å². The van der Waals surface area contributed by atoms with E-state index < -0.39 is 0 Å². The summed E-state index contributed by atoms with van der Waals surface area (Å²) in [5.41, 5.74) is 6.27. The summed E-state index contributed by atoms with van der Waals surface area (Å²) in [6.07, 6.45) is 1.05. The second kappa shape index (κ2) is 5.46. The van der Waals surface area contributed by atoms with Crippen molar-refractivity contribution in [3.8, 4) is 0 Å². The molecule has 0 aliphatic heterocycles. The molecule has 0 fully saturated rings. The van der Waals surface area contributed by atoms with Crippen molar-refractivity contribution in [2.24, 2.45) is 5.73 Å². The van der Waals surface area contributed by atoms with Gasteiger partial charge in [-0.15, -0.1) is 0 Å². The maximum Gasteiger partial charge on any atom is 0.307 e. The largest absolute Gasteiger partial charge is 0.450 e. The lowest BCUT2D eigenvalue weighted by molar-refractivity contribution is -0.143. The summed E-state index contributed by atoms with van der Waals surface area (Å²) in [6, 6.07) is 14.4. The number of ether oxygens (including phenoxy) is 1. The summed E-state index contributed by atoms with van der Waals surface area (Å²) in [4.78, 5) is 11.2. The van der Waals surface area contributed by atoms with E-state index in [1.165, 1.54) is 10.8 Å². The average molecular weight is 229 g/mol. The van der Waals surface area contributed by atoms with E-state index in [2.05, 4.69) is 29.0 Å². The molecule has 17 heavy (non-hydrogen) atoms. The molecule has 2 aromatic rings. The van der Waals surface area contributed by atoms with Crippen LogP contribution in [0, 0.1) is 0 Å². The van der Waals surface area contributed by atoms with Crippen molar-refractivity contribution >= 4 is 16.7 Å². The molecule has 0 spiro atoms. The molecule has 0 saturated carbocycles. The lowest BCUT2D eigenvalue weighted by Crippen LogP contribution is -2.12. The van der Waals surface area contributed by atoms with Gasteiger partial charge in [-0.1, -0.05) is 42.5 Å². The van der Waals surface area contributed by atoms with Gasteiger partial charge < -0.3 is 4.74 Å². The number of nitrogens with two attached hydrogens (primary N) is 1. The van der Waals surface area contributed by atoms with Crippen LogP contribution in [0.1, 0.15) is 12.0 Å². The van der Waals surface area contributed by atoms with Crippen molar-refractivity contribution in [2.45, 2.75) is 12.8 Å². The van der Waals surface area contributed by atoms with Crippen LogP contribution in [0.25, 0.3) is 10.8 Å². The minimum Gasteiger partial charge on any atom is -0.450 e. The van der Waals surface area contributed by atoms with E-state index in [-0.39, 0.29) is 12.7 Å². The molecule has 3 nitrogen and oxygen atoms in total. The topological polar surface area (TPSA) is 52.3 Å². The van der Waals surface area contributed by atoms with Crippen LogP contribution in [0.4, 0.5) is 0 Å². The minimum atomic E-state index is -0.249. The normalized spacial score (nSPS) is 10.4. The Hall–Kier alpha value is -1.87. The smallest absolute Gasteiger partial charge is 0.307 e. The molecular formula is C14H15NO2. The second-order valence-electron chi connectivity index (χ2n) is 3.86. The van der Waals surface area contributed by atoms with Gasteiger partial charge in [0.25, 0.3) is 0 Å². The minimum absolute atomic E-state index is 0.0451. The van der Waals surface area contributed by atoms with Gasteiger partial charge in [0.1, 0.15) is 6.73 Å². The van der Waals surface area contributed by atoms with Crippen molar-refractivity contribution in [2.75, 3.05) is 6.73 Å². The van der Waals surface area contributed by atoms with E-state index in [4.69, 9.17) is 5.73 Å². The van der Waals surface area contributed by atoms with Crippen molar-refractivity contribution in [1.29, 1.82) is 0 Å². The van der Waals surface area contributed by atoms with Gasteiger partial charge in [0, 0.05) is 6.42 Å². The van der Waals surface area contributed by atoms with Crippen molar-refractivity contribution in [3.63, 3.8) is 0 Å². The monoisotopic (exact) mass is 229 g/mol. The number of carbonyl (C=O) groups excluding carboxylic acids is 1. The maximum absolute atomic E-state index is 11.2. The van der Waals surface area contributed by atoms with Crippen LogP contribution in [0.15, 0.2) is 42.5 Å². The van der Waals surface area contributed by atoms with Gasteiger partial charge in [-0.3, -0.25) is 10.5 Å². The number of benzene rings is 2. The Kier molecular flexibility index (Phi) is 3.73. The Bertz CT molecular complexity index is 522. The fourth-order valence-corrected chi connectivity index (χ4v) is 1.81. The fraction of sp³-hybridized carbons (Fsp3) is 0.214. The number of aryl methyl sites for hydroxylation is 1. The van der Waals surface area contributed by atoms with E-state index >= 15 is 0 Å². The van der Waals surface area contributed by atoms with Crippen LogP contribution >= 0.6 is 0 Å².